The zero-order valence-electron chi connectivity index (χ0n) is 14.9. The first-order chi connectivity index (χ1) is 13.0. The number of amides is 2. The van der Waals surface area contributed by atoms with Crippen molar-refractivity contribution in [1.82, 2.24) is 10.6 Å². The Bertz CT molecular complexity index is 809. The molecule has 7 heteroatoms. The highest BCUT2D eigenvalue weighted by atomic mass is 32.1. The van der Waals surface area contributed by atoms with Gasteiger partial charge in [-0.1, -0.05) is 37.5 Å². The molecule has 2 aromatic rings. The lowest BCUT2D eigenvalue weighted by Gasteiger charge is -2.34. The fourth-order valence-corrected chi connectivity index (χ4v) is 3.93. The average molecular weight is 386 g/mol. The molecule has 3 rings (SSSR count). The van der Waals surface area contributed by atoms with Crippen molar-refractivity contribution in [2.24, 2.45) is 0 Å². The topological polar surface area (TPSA) is 95.5 Å². The molecule has 0 bridgehead atoms. The van der Waals surface area contributed by atoms with Gasteiger partial charge in [0.1, 0.15) is 5.54 Å². The van der Waals surface area contributed by atoms with E-state index >= 15 is 0 Å². The number of carbonyl (C=O) groups is 3. The number of hydrogen-bond donors (Lipinski definition) is 3. The molecular formula is C20H22N2O4S. The van der Waals surface area contributed by atoms with Crippen molar-refractivity contribution in [1.29, 1.82) is 0 Å². The number of aliphatic carboxylic acids is 1. The first kappa shape index (κ1) is 19.1. The molecule has 0 radical (unpaired) electrons. The number of benzene rings is 1. The van der Waals surface area contributed by atoms with Crippen LogP contribution in [0.15, 0.2) is 41.8 Å². The minimum Gasteiger partial charge on any atom is -0.480 e. The second kappa shape index (κ2) is 8.35. The van der Waals surface area contributed by atoms with Crippen LogP contribution < -0.4 is 10.6 Å². The summed E-state index contributed by atoms with van der Waals surface area (Å²) in [5, 5.41) is 17.0. The number of carboxylic acids is 1. The van der Waals surface area contributed by atoms with Crippen LogP contribution in [0.25, 0.3) is 0 Å². The highest BCUT2D eigenvalue weighted by Crippen LogP contribution is 2.29. The van der Waals surface area contributed by atoms with E-state index in [0.717, 1.165) is 24.8 Å². The average Bonchev–Trinajstić information content (AvgIpc) is 3.22. The molecule has 0 aliphatic heterocycles. The van der Waals surface area contributed by atoms with E-state index in [-0.39, 0.29) is 11.8 Å². The summed E-state index contributed by atoms with van der Waals surface area (Å²) in [6.45, 7) is 0.359. The van der Waals surface area contributed by atoms with Gasteiger partial charge in [-0.3, -0.25) is 9.59 Å². The predicted octanol–water partition coefficient (Wildman–Crippen LogP) is 3.20. The highest BCUT2D eigenvalue weighted by Gasteiger charge is 2.41. The molecular weight excluding hydrogens is 364 g/mol. The summed E-state index contributed by atoms with van der Waals surface area (Å²) in [4.78, 5) is 36.8. The largest absolute Gasteiger partial charge is 0.480 e. The molecule has 1 aromatic heterocycles. The Balaban J connectivity index is 1.60. The van der Waals surface area contributed by atoms with Crippen LogP contribution in [0.4, 0.5) is 0 Å². The van der Waals surface area contributed by atoms with E-state index in [9.17, 15) is 19.5 Å². The molecule has 2 amide bonds. The number of carbonyl (C=O) groups excluding carboxylic acids is 2. The van der Waals surface area contributed by atoms with E-state index < -0.39 is 11.5 Å². The third kappa shape index (κ3) is 4.54. The fraction of sp³-hybridized carbons (Fsp3) is 0.350. The zero-order chi connectivity index (χ0) is 19.3. The zero-order valence-corrected chi connectivity index (χ0v) is 15.7. The molecule has 1 aliphatic rings. The van der Waals surface area contributed by atoms with Crippen molar-refractivity contribution in [3.63, 3.8) is 0 Å². The van der Waals surface area contributed by atoms with Crippen LogP contribution in [0.3, 0.4) is 0 Å². The van der Waals surface area contributed by atoms with E-state index in [1.807, 2.05) is 11.4 Å². The van der Waals surface area contributed by atoms with E-state index in [0.29, 0.717) is 29.8 Å². The van der Waals surface area contributed by atoms with Crippen molar-refractivity contribution in [3.8, 4) is 0 Å². The van der Waals surface area contributed by atoms with Crippen LogP contribution in [0, 0.1) is 0 Å². The van der Waals surface area contributed by atoms with Crippen molar-refractivity contribution < 1.29 is 19.5 Å². The molecule has 1 aliphatic carbocycles. The maximum absolute atomic E-state index is 12.5. The predicted molar refractivity (Wildman–Crippen MR) is 103 cm³/mol. The third-order valence-corrected chi connectivity index (χ3v) is 5.75. The summed E-state index contributed by atoms with van der Waals surface area (Å²) in [7, 11) is 0. The summed E-state index contributed by atoms with van der Waals surface area (Å²) >= 11 is 1.38. The van der Waals surface area contributed by atoms with E-state index in [2.05, 4.69) is 10.6 Å². The van der Waals surface area contributed by atoms with Gasteiger partial charge in [-0.05, 0) is 42.0 Å². The minimum atomic E-state index is -1.16. The molecule has 1 saturated carbocycles. The molecule has 0 unspecified atom stereocenters. The van der Waals surface area contributed by atoms with E-state index in [1.54, 1.807) is 30.3 Å². The SMILES string of the molecule is O=C(NC1(C(=O)O)CCCCC1)c1ccc(CNC(=O)c2cccs2)cc1. The van der Waals surface area contributed by atoms with E-state index in [1.165, 1.54) is 11.3 Å². The van der Waals surface area contributed by atoms with Gasteiger partial charge in [0, 0.05) is 12.1 Å². The highest BCUT2D eigenvalue weighted by molar-refractivity contribution is 7.12. The summed E-state index contributed by atoms with van der Waals surface area (Å²) in [5.41, 5.74) is 0.111. The van der Waals surface area contributed by atoms with Gasteiger partial charge >= 0.3 is 5.97 Å². The molecule has 27 heavy (non-hydrogen) atoms. The number of nitrogens with one attached hydrogen (secondary N) is 2. The smallest absolute Gasteiger partial charge is 0.329 e. The number of thiophene rings is 1. The molecule has 1 heterocycles. The summed E-state index contributed by atoms with van der Waals surface area (Å²) in [6.07, 6.45) is 3.52. The van der Waals surface area contributed by atoms with Crippen molar-refractivity contribution >= 4 is 29.1 Å². The molecule has 0 atom stereocenters. The molecule has 1 aromatic carbocycles. The van der Waals surface area contributed by atoms with Gasteiger partial charge in [0.05, 0.1) is 4.88 Å². The molecule has 142 valence electrons. The monoisotopic (exact) mass is 386 g/mol. The lowest BCUT2D eigenvalue weighted by molar-refractivity contribution is -0.145. The van der Waals surface area contributed by atoms with E-state index in [4.69, 9.17) is 0 Å². The summed E-state index contributed by atoms with van der Waals surface area (Å²) in [6, 6.07) is 10.4. The van der Waals surface area contributed by atoms with Gasteiger partial charge in [0.15, 0.2) is 0 Å². The van der Waals surface area contributed by atoms with Crippen molar-refractivity contribution in [3.05, 3.63) is 57.8 Å². The van der Waals surface area contributed by atoms with Crippen LogP contribution in [0.5, 0.6) is 0 Å². The second-order valence-electron chi connectivity index (χ2n) is 6.76. The van der Waals surface area contributed by atoms with Crippen LogP contribution in [0.2, 0.25) is 0 Å². The van der Waals surface area contributed by atoms with Crippen molar-refractivity contribution in [2.75, 3.05) is 0 Å². The Morgan fingerprint density at radius 2 is 1.70 bits per heavy atom. The maximum Gasteiger partial charge on any atom is 0.329 e. The lowest BCUT2D eigenvalue weighted by Crippen LogP contribution is -2.55. The number of hydrogen-bond acceptors (Lipinski definition) is 4. The molecule has 0 spiro atoms. The van der Waals surface area contributed by atoms with Crippen LogP contribution in [-0.4, -0.2) is 28.4 Å². The molecule has 3 N–H and O–H groups in total. The second-order valence-corrected chi connectivity index (χ2v) is 7.71. The molecule has 1 fully saturated rings. The third-order valence-electron chi connectivity index (χ3n) is 4.88. The molecule has 0 saturated heterocycles. The number of carboxylic acid groups (broad SMARTS) is 1. The first-order valence-electron chi connectivity index (χ1n) is 8.97. The summed E-state index contributed by atoms with van der Waals surface area (Å²) < 4.78 is 0. The summed E-state index contributed by atoms with van der Waals surface area (Å²) in [5.74, 6) is -1.48. The quantitative estimate of drug-likeness (QED) is 0.710. The lowest BCUT2D eigenvalue weighted by atomic mass is 9.81. The van der Waals surface area contributed by atoms with Crippen LogP contribution in [-0.2, 0) is 11.3 Å². The van der Waals surface area contributed by atoms with Gasteiger partial charge in [-0.15, -0.1) is 11.3 Å². The van der Waals surface area contributed by atoms with Crippen molar-refractivity contribution in [2.45, 2.75) is 44.2 Å². The van der Waals surface area contributed by atoms with Crippen LogP contribution in [0.1, 0.15) is 57.7 Å². The Hall–Kier alpha value is -2.67. The molecule has 6 nitrogen and oxygen atoms in total. The standard InChI is InChI=1S/C20H22N2O4S/c23-17(22-20(19(25)26)10-2-1-3-11-20)15-8-6-14(7-9-15)13-21-18(24)16-5-4-12-27-16/h4-9,12H,1-3,10-11,13H2,(H,21,24)(H,22,23)(H,25,26). The Morgan fingerprint density at radius 1 is 1.00 bits per heavy atom. The number of rotatable bonds is 6. The van der Waals surface area contributed by atoms with Gasteiger partial charge < -0.3 is 15.7 Å². The van der Waals surface area contributed by atoms with Crippen LogP contribution >= 0.6 is 11.3 Å². The van der Waals surface area contributed by atoms with Gasteiger partial charge in [-0.25, -0.2) is 4.79 Å². The van der Waals surface area contributed by atoms with Gasteiger partial charge in [0.25, 0.3) is 11.8 Å². The Morgan fingerprint density at radius 3 is 2.30 bits per heavy atom. The minimum absolute atomic E-state index is 0.132. The fourth-order valence-electron chi connectivity index (χ4n) is 3.29. The van der Waals surface area contributed by atoms with Gasteiger partial charge in [-0.2, -0.15) is 0 Å². The normalized spacial score (nSPS) is 15.7. The van der Waals surface area contributed by atoms with Gasteiger partial charge in [0.2, 0.25) is 0 Å². The Kier molecular flexibility index (Phi) is 5.91. The Labute approximate surface area is 161 Å². The maximum atomic E-state index is 12.5. The first-order valence-corrected chi connectivity index (χ1v) is 9.85.